The lowest BCUT2D eigenvalue weighted by Crippen LogP contribution is -2.32. The Morgan fingerprint density at radius 1 is 1.10 bits per heavy atom. The van der Waals surface area contributed by atoms with E-state index in [0.717, 1.165) is 5.69 Å². The van der Waals surface area contributed by atoms with Crippen molar-refractivity contribution in [1.82, 2.24) is 0 Å². The summed E-state index contributed by atoms with van der Waals surface area (Å²) in [6, 6.07) is 14.1. The van der Waals surface area contributed by atoms with Gasteiger partial charge in [0.25, 0.3) is 0 Å². The topological polar surface area (TPSA) is 50.4 Å². The lowest BCUT2D eigenvalue weighted by atomic mass is 10.2. The zero-order valence-electron chi connectivity index (χ0n) is 11.9. The van der Waals surface area contributed by atoms with Crippen LogP contribution in [0.15, 0.2) is 48.5 Å². The molecule has 0 aromatic heterocycles. The molecule has 0 saturated heterocycles. The quantitative estimate of drug-likeness (QED) is 0.883. The van der Waals surface area contributed by atoms with Gasteiger partial charge in [-0.2, -0.15) is 0 Å². The summed E-state index contributed by atoms with van der Waals surface area (Å²) < 4.78 is 5.25. The molecule has 1 atom stereocenters. The van der Waals surface area contributed by atoms with Gasteiger partial charge in [-0.3, -0.25) is 4.79 Å². The number of ether oxygens (including phenoxy) is 1. The third kappa shape index (κ3) is 3.89. The predicted molar refractivity (Wildman–Crippen MR) is 86.2 cm³/mol. The molecule has 0 fully saturated rings. The van der Waals surface area contributed by atoms with Gasteiger partial charge in [-0.05, 0) is 31.2 Å². The van der Waals surface area contributed by atoms with E-state index in [4.69, 9.17) is 16.3 Å². The minimum absolute atomic E-state index is 0.172. The summed E-state index contributed by atoms with van der Waals surface area (Å²) in [6.45, 7) is 1.78. The van der Waals surface area contributed by atoms with Crippen LogP contribution < -0.4 is 15.4 Å². The molecule has 2 aromatic carbocycles. The number of carbonyl (C=O) groups excluding carboxylic acids is 1. The smallest absolute Gasteiger partial charge is 0.246 e. The van der Waals surface area contributed by atoms with E-state index < -0.39 is 6.04 Å². The van der Waals surface area contributed by atoms with Crippen molar-refractivity contribution >= 4 is 28.9 Å². The molecule has 2 N–H and O–H groups in total. The monoisotopic (exact) mass is 304 g/mol. The molecule has 2 aromatic rings. The standard InChI is InChI=1S/C16H17ClN2O2/c1-11(18-14-9-5-6-10-15(14)21-2)16(20)19-13-8-4-3-7-12(13)17/h3-11,18H,1-2H3,(H,19,20). The summed E-state index contributed by atoms with van der Waals surface area (Å²) in [6.07, 6.45) is 0. The van der Waals surface area contributed by atoms with E-state index >= 15 is 0 Å². The molecule has 2 rings (SSSR count). The number of carbonyl (C=O) groups is 1. The maximum atomic E-state index is 12.2. The van der Waals surface area contributed by atoms with Crippen LogP contribution in [-0.4, -0.2) is 19.1 Å². The number of hydrogen-bond donors (Lipinski definition) is 2. The van der Waals surface area contributed by atoms with Crippen LogP contribution in [0.4, 0.5) is 11.4 Å². The van der Waals surface area contributed by atoms with Crippen molar-refractivity contribution in [3.05, 3.63) is 53.6 Å². The SMILES string of the molecule is COc1ccccc1NC(C)C(=O)Nc1ccccc1Cl. The van der Waals surface area contributed by atoms with E-state index in [1.807, 2.05) is 36.4 Å². The number of nitrogens with one attached hydrogen (secondary N) is 2. The van der Waals surface area contributed by atoms with E-state index in [-0.39, 0.29) is 5.91 Å². The second kappa shape index (κ2) is 6.99. The summed E-state index contributed by atoms with van der Waals surface area (Å²) in [7, 11) is 1.59. The number of rotatable bonds is 5. The van der Waals surface area contributed by atoms with Crippen molar-refractivity contribution in [2.75, 3.05) is 17.7 Å². The zero-order valence-corrected chi connectivity index (χ0v) is 12.6. The summed E-state index contributed by atoms with van der Waals surface area (Å²) >= 11 is 6.03. The van der Waals surface area contributed by atoms with Crippen molar-refractivity contribution in [1.29, 1.82) is 0 Å². The first-order valence-electron chi connectivity index (χ1n) is 6.56. The molecule has 0 bridgehead atoms. The van der Waals surface area contributed by atoms with E-state index in [1.165, 1.54) is 0 Å². The molecular formula is C16H17ClN2O2. The molecule has 0 heterocycles. The molecule has 5 heteroatoms. The van der Waals surface area contributed by atoms with Crippen molar-refractivity contribution in [3.63, 3.8) is 0 Å². The molecule has 0 saturated carbocycles. The average Bonchev–Trinajstić information content (AvgIpc) is 2.50. The van der Waals surface area contributed by atoms with E-state index in [0.29, 0.717) is 16.5 Å². The maximum absolute atomic E-state index is 12.2. The van der Waals surface area contributed by atoms with E-state index in [9.17, 15) is 4.79 Å². The maximum Gasteiger partial charge on any atom is 0.246 e. The third-order valence-corrected chi connectivity index (χ3v) is 3.33. The van der Waals surface area contributed by atoms with Gasteiger partial charge in [-0.1, -0.05) is 35.9 Å². The Labute approximate surface area is 129 Å². The van der Waals surface area contributed by atoms with Crippen molar-refractivity contribution in [2.24, 2.45) is 0 Å². The molecule has 1 unspecified atom stereocenters. The summed E-state index contributed by atoms with van der Waals surface area (Å²) in [5.74, 6) is 0.517. The number of benzene rings is 2. The van der Waals surface area contributed by atoms with Gasteiger partial charge < -0.3 is 15.4 Å². The highest BCUT2D eigenvalue weighted by atomic mass is 35.5. The van der Waals surface area contributed by atoms with Gasteiger partial charge in [0.05, 0.1) is 23.5 Å². The lowest BCUT2D eigenvalue weighted by Gasteiger charge is -2.17. The number of hydrogen-bond acceptors (Lipinski definition) is 3. The van der Waals surface area contributed by atoms with Crippen LogP contribution in [0.3, 0.4) is 0 Å². The van der Waals surface area contributed by atoms with Crippen molar-refractivity contribution < 1.29 is 9.53 Å². The first-order chi connectivity index (χ1) is 10.1. The van der Waals surface area contributed by atoms with Crippen molar-refractivity contribution in [2.45, 2.75) is 13.0 Å². The molecule has 0 radical (unpaired) electrons. The highest BCUT2D eigenvalue weighted by molar-refractivity contribution is 6.33. The molecule has 1 amide bonds. The van der Waals surface area contributed by atoms with Gasteiger partial charge in [-0.25, -0.2) is 0 Å². The van der Waals surface area contributed by atoms with E-state index in [1.54, 1.807) is 26.2 Å². The first kappa shape index (κ1) is 15.2. The van der Waals surface area contributed by atoms with Gasteiger partial charge in [0, 0.05) is 0 Å². The van der Waals surface area contributed by atoms with Crippen LogP contribution in [0.1, 0.15) is 6.92 Å². The number of methoxy groups -OCH3 is 1. The highest BCUT2D eigenvalue weighted by Crippen LogP contribution is 2.24. The Kier molecular flexibility index (Phi) is 5.06. The Morgan fingerprint density at radius 2 is 1.71 bits per heavy atom. The second-order valence-corrected chi connectivity index (χ2v) is 4.94. The largest absolute Gasteiger partial charge is 0.495 e. The van der Waals surface area contributed by atoms with Crippen molar-refractivity contribution in [3.8, 4) is 5.75 Å². The van der Waals surface area contributed by atoms with Crippen LogP contribution >= 0.6 is 11.6 Å². The molecule has 0 aliphatic carbocycles. The van der Waals surface area contributed by atoms with Crippen LogP contribution in [0.2, 0.25) is 5.02 Å². The number of amides is 1. The molecule has 21 heavy (non-hydrogen) atoms. The molecular weight excluding hydrogens is 288 g/mol. The van der Waals surface area contributed by atoms with Crippen LogP contribution in [0.5, 0.6) is 5.75 Å². The fourth-order valence-corrected chi connectivity index (χ4v) is 2.05. The summed E-state index contributed by atoms with van der Waals surface area (Å²) in [5.41, 5.74) is 1.36. The highest BCUT2D eigenvalue weighted by Gasteiger charge is 2.15. The molecule has 110 valence electrons. The minimum Gasteiger partial charge on any atom is -0.495 e. The first-order valence-corrected chi connectivity index (χ1v) is 6.94. The van der Waals surface area contributed by atoms with Gasteiger partial charge in [-0.15, -0.1) is 0 Å². The predicted octanol–water partition coefficient (Wildman–Crippen LogP) is 3.79. The molecule has 0 aliphatic heterocycles. The number of para-hydroxylation sites is 3. The van der Waals surface area contributed by atoms with E-state index in [2.05, 4.69) is 10.6 Å². The number of halogens is 1. The average molecular weight is 305 g/mol. The Balaban J connectivity index is 2.05. The van der Waals surface area contributed by atoms with Gasteiger partial charge in [0.15, 0.2) is 0 Å². The third-order valence-electron chi connectivity index (χ3n) is 3.00. The van der Waals surface area contributed by atoms with Gasteiger partial charge >= 0.3 is 0 Å². The molecule has 0 spiro atoms. The van der Waals surface area contributed by atoms with Crippen LogP contribution in [0, 0.1) is 0 Å². The van der Waals surface area contributed by atoms with Gasteiger partial charge in [0.2, 0.25) is 5.91 Å². The van der Waals surface area contributed by atoms with Crippen LogP contribution in [-0.2, 0) is 4.79 Å². The second-order valence-electron chi connectivity index (χ2n) is 4.54. The fourth-order valence-electron chi connectivity index (χ4n) is 1.87. The Morgan fingerprint density at radius 3 is 2.38 bits per heavy atom. The fraction of sp³-hybridized carbons (Fsp3) is 0.188. The zero-order chi connectivity index (χ0) is 15.2. The Hall–Kier alpha value is -2.20. The van der Waals surface area contributed by atoms with Gasteiger partial charge in [0.1, 0.15) is 11.8 Å². The summed E-state index contributed by atoms with van der Waals surface area (Å²) in [5, 5.41) is 6.42. The normalized spacial score (nSPS) is 11.6. The Bertz CT molecular complexity index is 631. The molecule has 4 nitrogen and oxygen atoms in total. The number of anilines is 2. The summed E-state index contributed by atoms with van der Waals surface area (Å²) in [4.78, 5) is 12.2. The lowest BCUT2D eigenvalue weighted by molar-refractivity contribution is -0.116. The van der Waals surface area contributed by atoms with Crippen LogP contribution in [0.25, 0.3) is 0 Å². The molecule has 0 aliphatic rings. The minimum atomic E-state index is -0.433.